The van der Waals surface area contributed by atoms with Crippen LogP contribution in [0.1, 0.15) is 27.6 Å². The van der Waals surface area contributed by atoms with E-state index in [1.54, 1.807) is 49.4 Å². The second-order valence-corrected chi connectivity index (χ2v) is 5.28. The van der Waals surface area contributed by atoms with Crippen molar-refractivity contribution in [3.8, 4) is 0 Å². The lowest BCUT2D eigenvalue weighted by Crippen LogP contribution is -2.18. The SMILES string of the molecule is CCOC(=O)C(=CC(=O)c1ccc(Cl)cc1)C(=O)c1ccccc1. The molecule has 0 saturated heterocycles. The Morgan fingerprint density at radius 2 is 1.58 bits per heavy atom. The topological polar surface area (TPSA) is 60.4 Å². The standard InChI is InChI=1S/C19H15ClO4/c1-2-24-19(23)16(18(22)14-6-4-3-5-7-14)12-17(21)13-8-10-15(20)11-9-13/h3-12H,2H2,1H3. The van der Waals surface area contributed by atoms with Crippen LogP contribution in [0.3, 0.4) is 0 Å². The highest BCUT2D eigenvalue weighted by Gasteiger charge is 2.22. The first-order chi connectivity index (χ1) is 11.5. The summed E-state index contributed by atoms with van der Waals surface area (Å²) in [6.45, 7) is 1.73. The molecule has 2 rings (SSSR count). The predicted molar refractivity (Wildman–Crippen MR) is 91.3 cm³/mol. The van der Waals surface area contributed by atoms with Crippen LogP contribution in [0, 0.1) is 0 Å². The molecule has 2 aromatic carbocycles. The number of hydrogen-bond donors (Lipinski definition) is 0. The molecule has 0 aliphatic heterocycles. The lowest BCUT2D eigenvalue weighted by atomic mass is 10.0. The highest BCUT2D eigenvalue weighted by Crippen LogP contribution is 2.14. The number of ether oxygens (including phenoxy) is 1. The maximum Gasteiger partial charge on any atom is 0.342 e. The molecule has 5 heteroatoms. The highest BCUT2D eigenvalue weighted by molar-refractivity contribution is 6.31. The summed E-state index contributed by atoms with van der Waals surface area (Å²) >= 11 is 5.79. The molecule has 0 aliphatic rings. The summed E-state index contributed by atoms with van der Waals surface area (Å²) in [6.07, 6.45) is 1.01. The van der Waals surface area contributed by atoms with Crippen molar-refractivity contribution in [2.75, 3.05) is 6.61 Å². The number of hydrogen-bond acceptors (Lipinski definition) is 4. The van der Waals surface area contributed by atoms with E-state index >= 15 is 0 Å². The van der Waals surface area contributed by atoms with E-state index in [2.05, 4.69) is 0 Å². The van der Waals surface area contributed by atoms with E-state index in [1.807, 2.05) is 0 Å². The number of halogens is 1. The number of carbonyl (C=O) groups excluding carboxylic acids is 3. The third kappa shape index (κ3) is 4.40. The molecule has 0 saturated carbocycles. The van der Waals surface area contributed by atoms with Gasteiger partial charge in [-0.25, -0.2) is 4.79 Å². The Morgan fingerprint density at radius 3 is 2.17 bits per heavy atom. The van der Waals surface area contributed by atoms with Crippen LogP contribution in [0.15, 0.2) is 66.2 Å². The minimum atomic E-state index is -0.825. The zero-order valence-corrected chi connectivity index (χ0v) is 13.7. The fraction of sp³-hybridized carbons (Fsp3) is 0.105. The van der Waals surface area contributed by atoms with Crippen molar-refractivity contribution in [1.82, 2.24) is 0 Å². The van der Waals surface area contributed by atoms with Gasteiger partial charge in [0.2, 0.25) is 0 Å². The van der Waals surface area contributed by atoms with E-state index in [9.17, 15) is 14.4 Å². The Labute approximate surface area is 144 Å². The van der Waals surface area contributed by atoms with Crippen molar-refractivity contribution in [3.63, 3.8) is 0 Å². The maximum absolute atomic E-state index is 12.5. The monoisotopic (exact) mass is 342 g/mol. The third-order valence-corrected chi connectivity index (χ3v) is 3.43. The minimum absolute atomic E-state index is 0.105. The van der Waals surface area contributed by atoms with E-state index in [0.29, 0.717) is 16.1 Å². The molecule has 0 atom stereocenters. The van der Waals surface area contributed by atoms with Crippen LogP contribution in [0.25, 0.3) is 0 Å². The summed E-state index contributed by atoms with van der Waals surface area (Å²) in [5.41, 5.74) is 0.325. The van der Waals surface area contributed by atoms with Gasteiger partial charge in [-0.15, -0.1) is 0 Å². The molecule has 0 spiro atoms. The Kier molecular flexibility index (Phi) is 6.04. The molecule has 0 bridgehead atoms. The highest BCUT2D eigenvalue weighted by atomic mass is 35.5. The van der Waals surface area contributed by atoms with Crippen molar-refractivity contribution < 1.29 is 19.1 Å². The molecule has 0 aromatic heterocycles. The first-order valence-corrected chi connectivity index (χ1v) is 7.69. The summed E-state index contributed by atoms with van der Waals surface area (Å²) in [6, 6.07) is 14.4. The van der Waals surface area contributed by atoms with Gasteiger partial charge >= 0.3 is 5.97 Å². The van der Waals surface area contributed by atoms with Gasteiger partial charge in [0, 0.05) is 22.2 Å². The summed E-state index contributed by atoms with van der Waals surface area (Å²) in [7, 11) is 0. The molecular weight excluding hydrogens is 328 g/mol. The van der Waals surface area contributed by atoms with Crippen LogP contribution in [0.5, 0.6) is 0 Å². The van der Waals surface area contributed by atoms with E-state index in [-0.39, 0.29) is 12.2 Å². The molecule has 0 heterocycles. The molecule has 0 amide bonds. The summed E-state index contributed by atoms with van der Waals surface area (Å²) in [5.74, 6) is -1.86. The summed E-state index contributed by atoms with van der Waals surface area (Å²) in [5, 5.41) is 0.488. The summed E-state index contributed by atoms with van der Waals surface area (Å²) in [4.78, 5) is 37.0. The van der Waals surface area contributed by atoms with Gasteiger partial charge in [-0.3, -0.25) is 9.59 Å². The molecule has 0 radical (unpaired) electrons. The van der Waals surface area contributed by atoms with Gasteiger partial charge < -0.3 is 4.74 Å². The van der Waals surface area contributed by atoms with Crippen LogP contribution in [-0.4, -0.2) is 24.1 Å². The van der Waals surface area contributed by atoms with Crippen LogP contribution < -0.4 is 0 Å². The molecule has 122 valence electrons. The normalized spacial score (nSPS) is 11.0. The van der Waals surface area contributed by atoms with Gasteiger partial charge in [-0.05, 0) is 31.2 Å². The summed E-state index contributed by atoms with van der Waals surface area (Å²) < 4.78 is 4.90. The second-order valence-electron chi connectivity index (χ2n) is 4.84. The fourth-order valence-electron chi connectivity index (χ4n) is 2.00. The van der Waals surface area contributed by atoms with Crippen LogP contribution in [-0.2, 0) is 9.53 Å². The number of allylic oxidation sites excluding steroid dienone is 1. The number of esters is 1. The third-order valence-electron chi connectivity index (χ3n) is 3.18. The van der Waals surface area contributed by atoms with Gasteiger partial charge in [0.05, 0.1) is 6.61 Å². The van der Waals surface area contributed by atoms with Crippen LogP contribution in [0.2, 0.25) is 5.02 Å². The number of Topliss-reactive ketones (excluding diaryl/α,β-unsaturated/α-hetero) is 1. The lowest BCUT2D eigenvalue weighted by Gasteiger charge is -2.06. The van der Waals surface area contributed by atoms with Crippen molar-refractivity contribution in [1.29, 1.82) is 0 Å². The molecule has 0 aliphatic carbocycles. The van der Waals surface area contributed by atoms with E-state index in [4.69, 9.17) is 16.3 Å². The number of rotatable bonds is 6. The molecule has 0 fully saturated rings. The Morgan fingerprint density at radius 1 is 0.958 bits per heavy atom. The largest absolute Gasteiger partial charge is 0.462 e. The smallest absolute Gasteiger partial charge is 0.342 e. The first kappa shape index (κ1) is 17.6. The average Bonchev–Trinajstić information content (AvgIpc) is 2.60. The first-order valence-electron chi connectivity index (χ1n) is 7.31. The molecule has 4 nitrogen and oxygen atoms in total. The number of benzene rings is 2. The predicted octanol–water partition coefficient (Wildman–Crippen LogP) is 3.90. The van der Waals surface area contributed by atoms with Crippen molar-refractivity contribution in [2.24, 2.45) is 0 Å². The zero-order chi connectivity index (χ0) is 17.5. The van der Waals surface area contributed by atoms with Crippen molar-refractivity contribution in [2.45, 2.75) is 6.92 Å². The van der Waals surface area contributed by atoms with Crippen molar-refractivity contribution in [3.05, 3.63) is 82.4 Å². The molecule has 0 N–H and O–H groups in total. The van der Waals surface area contributed by atoms with Gasteiger partial charge in [0.15, 0.2) is 11.6 Å². The average molecular weight is 343 g/mol. The Bertz CT molecular complexity index is 777. The van der Waals surface area contributed by atoms with Gasteiger partial charge in [0.1, 0.15) is 5.57 Å². The van der Waals surface area contributed by atoms with Crippen molar-refractivity contribution >= 4 is 29.1 Å². The number of carbonyl (C=O) groups is 3. The number of ketones is 2. The lowest BCUT2D eigenvalue weighted by molar-refractivity contribution is -0.138. The van der Waals surface area contributed by atoms with E-state index < -0.39 is 17.5 Å². The second kappa shape index (κ2) is 8.22. The van der Waals surface area contributed by atoms with E-state index in [0.717, 1.165) is 6.08 Å². The van der Waals surface area contributed by atoms with Crippen LogP contribution >= 0.6 is 11.6 Å². The molecule has 2 aromatic rings. The molecular formula is C19H15ClO4. The maximum atomic E-state index is 12.5. The Hall–Kier alpha value is -2.72. The van der Waals surface area contributed by atoms with E-state index in [1.165, 1.54) is 12.1 Å². The minimum Gasteiger partial charge on any atom is -0.462 e. The van der Waals surface area contributed by atoms with Gasteiger partial charge in [0.25, 0.3) is 0 Å². The van der Waals surface area contributed by atoms with Gasteiger partial charge in [-0.1, -0.05) is 41.9 Å². The quantitative estimate of drug-likeness (QED) is 0.263. The fourth-order valence-corrected chi connectivity index (χ4v) is 2.13. The zero-order valence-electron chi connectivity index (χ0n) is 13.0. The van der Waals surface area contributed by atoms with Gasteiger partial charge in [-0.2, -0.15) is 0 Å². The molecule has 0 unspecified atom stereocenters. The molecule has 24 heavy (non-hydrogen) atoms. The Balaban J connectivity index is 2.38. The van der Waals surface area contributed by atoms with Crippen LogP contribution in [0.4, 0.5) is 0 Å².